The number of methoxy groups -OCH3 is 1. The van der Waals surface area contributed by atoms with Crippen molar-refractivity contribution in [3.63, 3.8) is 0 Å². The molecule has 7 heteroatoms. The highest BCUT2D eigenvalue weighted by atomic mass is 16.5. The molecule has 7 nitrogen and oxygen atoms in total. The van der Waals surface area contributed by atoms with Crippen molar-refractivity contribution >= 4 is 18.0 Å². The molecule has 0 aliphatic carbocycles. The summed E-state index contributed by atoms with van der Waals surface area (Å²) in [6.45, 7) is 1.80. The zero-order valence-electron chi connectivity index (χ0n) is 16.2. The number of carbonyl (C=O) groups is 3. The zero-order valence-corrected chi connectivity index (χ0v) is 16.2. The van der Waals surface area contributed by atoms with Crippen LogP contribution in [0.3, 0.4) is 0 Å². The number of nitrogens with one attached hydrogen (secondary N) is 1. The molecule has 1 N–H and O–H groups in total. The van der Waals surface area contributed by atoms with Crippen molar-refractivity contribution in [2.24, 2.45) is 0 Å². The number of hydrogen-bond acceptors (Lipinski definition) is 6. The number of ketones is 1. The molecule has 0 aliphatic heterocycles. The minimum Gasteiger partial charge on any atom is -0.493 e. The van der Waals surface area contributed by atoms with Crippen LogP contribution >= 0.6 is 0 Å². The molecule has 1 amide bonds. The van der Waals surface area contributed by atoms with E-state index >= 15 is 0 Å². The third-order valence-electron chi connectivity index (χ3n) is 3.41. The van der Waals surface area contributed by atoms with Gasteiger partial charge in [-0.1, -0.05) is 0 Å². The molecule has 0 aromatic heterocycles. The second-order valence-electron chi connectivity index (χ2n) is 5.97. The first-order chi connectivity index (χ1) is 12.9. The Morgan fingerprint density at radius 2 is 1.96 bits per heavy atom. The Bertz CT molecular complexity index is 723. The van der Waals surface area contributed by atoms with Crippen molar-refractivity contribution in [1.82, 2.24) is 10.2 Å². The van der Waals surface area contributed by atoms with Crippen LogP contribution in [-0.2, 0) is 9.59 Å². The van der Waals surface area contributed by atoms with Crippen LogP contribution in [0.5, 0.6) is 11.5 Å². The predicted molar refractivity (Wildman–Crippen MR) is 103 cm³/mol. The van der Waals surface area contributed by atoms with Crippen molar-refractivity contribution in [3.8, 4) is 11.5 Å². The SMILES string of the molecule is COc1cc(C(C)=O)ccc1OCCCC(=O)NC(/C=C/C=O)=C/N(C)C. The Morgan fingerprint density at radius 1 is 1.22 bits per heavy atom. The maximum atomic E-state index is 12.0. The average Bonchev–Trinajstić information content (AvgIpc) is 2.62. The Labute approximate surface area is 159 Å². The predicted octanol–water partition coefficient (Wildman–Crippen LogP) is 2.33. The molecule has 0 aliphatic rings. The van der Waals surface area contributed by atoms with Crippen LogP contribution < -0.4 is 14.8 Å². The van der Waals surface area contributed by atoms with Gasteiger partial charge >= 0.3 is 0 Å². The fourth-order valence-corrected chi connectivity index (χ4v) is 2.18. The number of allylic oxidation sites excluding steroid dienone is 2. The van der Waals surface area contributed by atoms with Gasteiger partial charge in [-0.2, -0.15) is 0 Å². The lowest BCUT2D eigenvalue weighted by atomic mass is 10.1. The van der Waals surface area contributed by atoms with Gasteiger partial charge in [-0.3, -0.25) is 14.4 Å². The summed E-state index contributed by atoms with van der Waals surface area (Å²) >= 11 is 0. The molecule has 0 atom stereocenters. The number of rotatable bonds is 11. The van der Waals surface area contributed by atoms with Gasteiger partial charge in [-0.05, 0) is 43.7 Å². The Kier molecular flexibility index (Phi) is 9.36. The molecule has 0 saturated carbocycles. The molecule has 0 radical (unpaired) electrons. The molecule has 146 valence electrons. The quantitative estimate of drug-likeness (QED) is 0.210. The highest BCUT2D eigenvalue weighted by Gasteiger charge is 2.09. The lowest BCUT2D eigenvalue weighted by Gasteiger charge is -2.12. The van der Waals surface area contributed by atoms with Crippen molar-refractivity contribution in [2.75, 3.05) is 27.8 Å². The average molecular weight is 374 g/mol. The van der Waals surface area contributed by atoms with Gasteiger partial charge in [-0.25, -0.2) is 0 Å². The normalized spacial score (nSPS) is 11.2. The zero-order chi connectivity index (χ0) is 20.2. The van der Waals surface area contributed by atoms with Gasteiger partial charge in [0.05, 0.1) is 19.4 Å². The van der Waals surface area contributed by atoms with Gasteiger partial charge in [0, 0.05) is 32.3 Å². The van der Waals surface area contributed by atoms with E-state index in [0.717, 1.165) is 0 Å². The molecule has 1 aromatic rings. The van der Waals surface area contributed by atoms with Crippen molar-refractivity contribution < 1.29 is 23.9 Å². The summed E-state index contributed by atoms with van der Waals surface area (Å²) < 4.78 is 10.9. The van der Waals surface area contributed by atoms with E-state index in [1.54, 1.807) is 29.3 Å². The highest BCUT2D eigenvalue weighted by Crippen LogP contribution is 2.28. The minimum atomic E-state index is -0.179. The Balaban J connectivity index is 2.53. The van der Waals surface area contributed by atoms with Crippen molar-refractivity contribution in [3.05, 3.63) is 47.8 Å². The molecule has 0 unspecified atom stereocenters. The number of carbonyl (C=O) groups excluding carboxylic acids is 3. The molecule has 1 rings (SSSR count). The van der Waals surface area contributed by atoms with Gasteiger partial charge in [0.1, 0.15) is 6.29 Å². The summed E-state index contributed by atoms with van der Waals surface area (Å²) in [6, 6.07) is 4.98. The monoisotopic (exact) mass is 374 g/mol. The minimum absolute atomic E-state index is 0.0540. The maximum Gasteiger partial charge on any atom is 0.224 e. The van der Waals surface area contributed by atoms with Gasteiger partial charge in [0.15, 0.2) is 17.3 Å². The molecular formula is C20H26N2O5. The van der Waals surface area contributed by atoms with E-state index in [9.17, 15) is 14.4 Å². The summed E-state index contributed by atoms with van der Waals surface area (Å²) in [4.78, 5) is 35.7. The van der Waals surface area contributed by atoms with E-state index in [1.807, 2.05) is 14.1 Å². The summed E-state index contributed by atoms with van der Waals surface area (Å²) in [5, 5.41) is 2.74. The number of nitrogens with zero attached hydrogens (tertiary/aromatic N) is 1. The first kappa shape index (κ1) is 22.0. The molecule has 0 bridgehead atoms. The molecule has 0 spiro atoms. The summed E-state index contributed by atoms with van der Waals surface area (Å²) in [6.07, 6.45) is 5.95. The largest absolute Gasteiger partial charge is 0.493 e. The molecule has 0 heterocycles. The van der Waals surface area contributed by atoms with E-state index in [1.165, 1.54) is 26.2 Å². The summed E-state index contributed by atoms with van der Waals surface area (Å²) in [5.74, 6) is 0.759. The van der Waals surface area contributed by atoms with Gasteiger partial charge in [0.25, 0.3) is 0 Å². The fourth-order valence-electron chi connectivity index (χ4n) is 2.18. The molecule has 0 fully saturated rings. The van der Waals surface area contributed by atoms with Crippen LogP contribution in [0, 0.1) is 0 Å². The second-order valence-corrected chi connectivity index (χ2v) is 5.97. The molecule has 0 saturated heterocycles. The molecular weight excluding hydrogens is 348 g/mol. The van der Waals surface area contributed by atoms with Crippen molar-refractivity contribution in [1.29, 1.82) is 0 Å². The lowest BCUT2D eigenvalue weighted by molar-refractivity contribution is -0.120. The molecule has 1 aromatic carbocycles. The van der Waals surface area contributed by atoms with Crippen LogP contribution in [0.4, 0.5) is 0 Å². The van der Waals surface area contributed by atoms with Crippen LogP contribution in [0.2, 0.25) is 0 Å². The standard InChI is InChI=1S/C20H26N2O5/c1-15(24)16-9-10-18(19(13-16)26-4)27-12-6-8-20(25)21-17(7-5-11-23)14-22(2)3/h5,7,9-11,13-14H,6,8,12H2,1-4H3,(H,21,25)/b7-5+,17-14+. The highest BCUT2D eigenvalue weighted by molar-refractivity contribution is 5.94. The number of benzene rings is 1. The van der Waals surface area contributed by atoms with Crippen LogP contribution in [0.25, 0.3) is 0 Å². The fraction of sp³-hybridized carbons (Fsp3) is 0.350. The van der Waals surface area contributed by atoms with Gasteiger partial charge in [0.2, 0.25) is 5.91 Å². The van der Waals surface area contributed by atoms with Gasteiger partial charge in [-0.15, -0.1) is 0 Å². The first-order valence-corrected chi connectivity index (χ1v) is 8.49. The van der Waals surface area contributed by atoms with E-state index in [0.29, 0.717) is 42.1 Å². The van der Waals surface area contributed by atoms with Crippen LogP contribution in [0.15, 0.2) is 42.2 Å². The van der Waals surface area contributed by atoms with Crippen molar-refractivity contribution in [2.45, 2.75) is 19.8 Å². The number of Topliss-reactive ketones (excluding diaryl/α,β-unsaturated/α-hetero) is 1. The van der Waals surface area contributed by atoms with E-state index in [4.69, 9.17) is 9.47 Å². The number of amides is 1. The topological polar surface area (TPSA) is 84.9 Å². The Hall–Kier alpha value is -3.09. The van der Waals surface area contributed by atoms with Crippen LogP contribution in [-0.4, -0.2) is 50.7 Å². The molecule has 27 heavy (non-hydrogen) atoms. The smallest absolute Gasteiger partial charge is 0.224 e. The van der Waals surface area contributed by atoms with E-state index in [-0.39, 0.29) is 18.1 Å². The number of ether oxygens (including phenoxy) is 2. The lowest BCUT2D eigenvalue weighted by Crippen LogP contribution is -2.23. The number of hydrogen-bond donors (Lipinski definition) is 1. The van der Waals surface area contributed by atoms with Crippen LogP contribution in [0.1, 0.15) is 30.1 Å². The first-order valence-electron chi connectivity index (χ1n) is 8.49. The Morgan fingerprint density at radius 3 is 2.56 bits per heavy atom. The van der Waals surface area contributed by atoms with E-state index in [2.05, 4.69) is 5.32 Å². The van der Waals surface area contributed by atoms with Gasteiger partial charge < -0.3 is 19.7 Å². The van der Waals surface area contributed by atoms with E-state index < -0.39 is 0 Å². The summed E-state index contributed by atoms with van der Waals surface area (Å²) in [5.41, 5.74) is 1.07. The third-order valence-corrected chi connectivity index (χ3v) is 3.41. The third kappa shape index (κ3) is 8.22. The number of aldehydes is 1. The second kappa shape index (κ2) is 11.5. The summed E-state index contributed by atoms with van der Waals surface area (Å²) in [7, 11) is 5.14. The maximum absolute atomic E-state index is 12.0.